The summed E-state index contributed by atoms with van der Waals surface area (Å²) in [5.74, 6) is 0.496. The summed E-state index contributed by atoms with van der Waals surface area (Å²) in [4.78, 5) is 3.99. The fourth-order valence-corrected chi connectivity index (χ4v) is 5.38. The van der Waals surface area contributed by atoms with Crippen LogP contribution in [-0.2, 0) is 10.0 Å². The van der Waals surface area contributed by atoms with Gasteiger partial charge in [-0.25, -0.2) is 13.4 Å². The third-order valence-electron chi connectivity index (χ3n) is 3.29. The van der Waals surface area contributed by atoms with Gasteiger partial charge in [0.05, 0.1) is 5.69 Å². The number of aromatic nitrogens is 1. The van der Waals surface area contributed by atoms with E-state index in [-0.39, 0.29) is 0 Å². The molecule has 2 rings (SSSR count). The van der Waals surface area contributed by atoms with Crippen molar-refractivity contribution in [2.45, 2.75) is 37.3 Å². The van der Waals surface area contributed by atoms with E-state index < -0.39 is 10.0 Å². The van der Waals surface area contributed by atoms with Crippen LogP contribution in [0.1, 0.15) is 31.9 Å². The number of sulfonamides is 1. The Morgan fingerprint density at radius 2 is 2.28 bits per heavy atom. The van der Waals surface area contributed by atoms with Crippen molar-refractivity contribution in [3.63, 3.8) is 0 Å². The van der Waals surface area contributed by atoms with Gasteiger partial charge in [-0.15, -0.1) is 0 Å². The molecule has 1 fully saturated rings. The van der Waals surface area contributed by atoms with Gasteiger partial charge < -0.3 is 5.73 Å². The van der Waals surface area contributed by atoms with Crippen molar-refractivity contribution < 1.29 is 8.42 Å². The predicted molar refractivity (Wildman–Crippen MR) is 73.0 cm³/mol. The lowest BCUT2D eigenvalue weighted by atomic mass is 10.0. The summed E-state index contributed by atoms with van der Waals surface area (Å²) in [6, 6.07) is 0. The fraction of sp³-hybridized carbons (Fsp3) is 0.727. The molecule has 1 aliphatic heterocycles. The molecule has 5 nitrogen and oxygen atoms in total. The Hall–Kier alpha value is -0.660. The third kappa shape index (κ3) is 2.53. The molecule has 102 valence electrons. The lowest BCUT2D eigenvalue weighted by Gasteiger charge is -2.15. The maximum absolute atomic E-state index is 12.5. The quantitative estimate of drug-likeness (QED) is 0.917. The van der Waals surface area contributed by atoms with Gasteiger partial charge in [0.25, 0.3) is 10.0 Å². The van der Waals surface area contributed by atoms with Crippen LogP contribution >= 0.6 is 11.3 Å². The van der Waals surface area contributed by atoms with Crippen molar-refractivity contribution in [1.82, 2.24) is 9.29 Å². The van der Waals surface area contributed by atoms with Crippen LogP contribution in [0.5, 0.6) is 0 Å². The average Bonchev–Trinajstić information content (AvgIpc) is 2.86. The summed E-state index contributed by atoms with van der Waals surface area (Å²) < 4.78 is 26.8. The Morgan fingerprint density at radius 1 is 1.56 bits per heavy atom. The van der Waals surface area contributed by atoms with Gasteiger partial charge >= 0.3 is 0 Å². The number of rotatable bonds is 4. The Balaban J connectivity index is 2.20. The number of nitrogens with two attached hydrogens (primary N) is 1. The molecule has 1 unspecified atom stereocenters. The van der Waals surface area contributed by atoms with Gasteiger partial charge in [0.1, 0.15) is 0 Å². The van der Waals surface area contributed by atoms with Gasteiger partial charge in [-0.05, 0) is 25.7 Å². The maximum Gasteiger partial charge on any atom is 0.254 e. The van der Waals surface area contributed by atoms with Gasteiger partial charge in [-0.2, -0.15) is 4.31 Å². The topological polar surface area (TPSA) is 76.3 Å². The lowest BCUT2D eigenvalue weighted by molar-refractivity contribution is 0.445. The number of anilines is 1. The Kier molecular flexibility index (Phi) is 3.93. The van der Waals surface area contributed by atoms with Crippen molar-refractivity contribution in [3.05, 3.63) is 5.69 Å². The van der Waals surface area contributed by atoms with Crippen LogP contribution < -0.4 is 5.73 Å². The molecule has 0 aliphatic carbocycles. The molecule has 0 bridgehead atoms. The van der Waals surface area contributed by atoms with Crippen molar-refractivity contribution in [1.29, 1.82) is 0 Å². The van der Waals surface area contributed by atoms with Crippen LogP contribution in [0.2, 0.25) is 0 Å². The van der Waals surface area contributed by atoms with Crippen LogP contribution in [0.4, 0.5) is 5.13 Å². The van der Waals surface area contributed by atoms with Gasteiger partial charge in [0.2, 0.25) is 0 Å². The Bertz CT molecular complexity index is 524. The maximum atomic E-state index is 12.5. The van der Waals surface area contributed by atoms with E-state index in [1.807, 2.05) is 0 Å². The molecule has 0 spiro atoms. The first kappa shape index (κ1) is 13.8. The molecule has 2 N–H and O–H groups in total. The Morgan fingerprint density at radius 3 is 2.83 bits per heavy atom. The molecule has 0 aromatic carbocycles. The first-order valence-electron chi connectivity index (χ1n) is 6.18. The zero-order valence-electron chi connectivity index (χ0n) is 10.7. The minimum Gasteiger partial charge on any atom is -0.375 e. The largest absolute Gasteiger partial charge is 0.375 e. The second-order valence-corrected chi connectivity index (χ2v) is 7.90. The van der Waals surface area contributed by atoms with Crippen LogP contribution in [0.15, 0.2) is 4.21 Å². The summed E-state index contributed by atoms with van der Waals surface area (Å²) in [5.41, 5.74) is 6.08. The number of thiazole rings is 1. The molecule has 1 aromatic heterocycles. The van der Waals surface area contributed by atoms with Crippen LogP contribution in [-0.4, -0.2) is 30.8 Å². The molecule has 0 saturated carbocycles. The van der Waals surface area contributed by atoms with E-state index in [1.165, 1.54) is 0 Å². The van der Waals surface area contributed by atoms with E-state index in [1.54, 1.807) is 11.2 Å². The van der Waals surface area contributed by atoms with E-state index in [0.29, 0.717) is 34.0 Å². The fourth-order valence-electron chi connectivity index (χ4n) is 2.42. The van der Waals surface area contributed by atoms with Crippen molar-refractivity contribution >= 4 is 26.5 Å². The molecule has 0 radical (unpaired) electrons. The van der Waals surface area contributed by atoms with Crippen LogP contribution in [0.25, 0.3) is 0 Å². The van der Waals surface area contributed by atoms with Gasteiger partial charge in [-0.3, -0.25) is 0 Å². The lowest BCUT2D eigenvalue weighted by Crippen LogP contribution is -2.28. The smallest absolute Gasteiger partial charge is 0.254 e. The second kappa shape index (κ2) is 5.14. The number of hydrogen-bond acceptors (Lipinski definition) is 5. The molecule has 1 aliphatic rings. The van der Waals surface area contributed by atoms with E-state index in [2.05, 4.69) is 11.9 Å². The summed E-state index contributed by atoms with van der Waals surface area (Å²) in [5, 5.41) is 0.315. The minimum atomic E-state index is -3.39. The standard InChI is InChI=1S/C11H19N3O2S2/c1-3-4-9-5-6-14(7-9)18(15,16)10-8(2)13-11(12)17-10/h9H,3-7H2,1-2H3,(H2,12,13). The zero-order chi connectivity index (χ0) is 13.3. The van der Waals surface area contributed by atoms with Crippen LogP contribution in [0.3, 0.4) is 0 Å². The van der Waals surface area contributed by atoms with E-state index in [0.717, 1.165) is 30.6 Å². The third-order valence-corrected chi connectivity index (χ3v) is 6.73. The van der Waals surface area contributed by atoms with Crippen molar-refractivity contribution in [2.75, 3.05) is 18.8 Å². The molecule has 7 heteroatoms. The molecular formula is C11H19N3O2S2. The molecule has 18 heavy (non-hydrogen) atoms. The SMILES string of the molecule is CCCC1CCN(S(=O)(=O)c2sc(N)nc2C)C1. The summed E-state index contributed by atoms with van der Waals surface area (Å²) in [7, 11) is -3.39. The highest BCUT2D eigenvalue weighted by molar-refractivity contribution is 7.91. The van der Waals surface area contributed by atoms with E-state index in [4.69, 9.17) is 5.73 Å². The molecule has 1 aromatic rings. The van der Waals surface area contributed by atoms with E-state index >= 15 is 0 Å². The number of aryl methyl sites for hydroxylation is 1. The second-order valence-electron chi connectivity index (χ2n) is 4.73. The average molecular weight is 289 g/mol. The predicted octanol–water partition coefficient (Wildman–Crippen LogP) is 1.84. The normalized spacial score (nSPS) is 21.6. The first-order chi connectivity index (χ1) is 8.45. The Labute approximate surface area is 112 Å². The monoisotopic (exact) mass is 289 g/mol. The minimum absolute atomic E-state index is 0.303. The number of nitrogen functional groups attached to an aromatic ring is 1. The number of hydrogen-bond donors (Lipinski definition) is 1. The number of nitrogens with zero attached hydrogens (tertiary/aromatic N) is 2. The summed E-state index contributed by atoms with van der Waals surface area (Å²) in [6.45, 7) is 5.07. The highest BCUT2D eigenvalue weighted by atomic mass is 32.2. The summed E-state index contributed by atoms with van der Waals surface area (Å²) in [6.07, 6.45) is 3.15. The molecular weight excluding hydrogens is 270 g/mol. The van der Waals surface area contributed by atoms with Crippen molar-refractivity contribution in [2.24, 2.45) is 5.92 Å². The molecule has 2 heterocycles. The first-order valence-corrected chi connectivity index (χ1v) is 8.44. The van der Waals surface area contributed by atoms with Crippen molar-refractivity contribution in [3.8, 4) is 0 Å². The highest BCUT2D eigenvalue weighted by Crippen LogP contribution is 2.32. The van der Waals surface area contributed by atoms with Gasteiger partial charge in [-0.1, -0.05) is 24.7 Å². The van der Waals surface area contributed by atoms with E-state index in [9.17, 15) is 8.42 Å². The molecule has 1 atom stereocenters. The highest BCUT2D eigenvalue weighted by Gasteiger charge is 2.34. The van der Waals surface area contributed by atoms with Gasteiger partial charge in [0, 0.05) is 13.1 Å². The zero-order valence-corrected chi connectivity index (χ0v) is 12.4. The van der Waals surface area contributed by atoms with Crippen LogP contribution in [0, 0.1) is 12.8 Å². The molecule has 1 saturated heterocycles. The van der Waals surface area contributed by atoms with Gasteiger partial charge in [0.15, 0.2) is 9.34 Å². The molecule has 0 amide bonds. The summed E-state index contributed by atoms with van der Waals surface area (Å²) >= 11 is 1.06.